The number of nitrogens with one attached hydrogen (secondary N) is 2. The molecular weight excluding hydrogens is 393 g/mol. The molecule has 8 heteroatoms. The fraction of sp³-hybridized carbons (Fsp3) is 0.273. The Hall–Kier alpha value is -3.29. The van der Waals surface area contributed by atoms with Crippen molar-refractivity contribution in [1.29, 1.82) is 0 Å². The van der Waals surface area contributed by atoms with Gasteiger partial charge in [0.2, 0.25) is 5.95 Å². The lowest BCUT2D eigenvalue weighted by atomic mass is 10.2. The Labute approximate surface area is 172 Å². The maximum absolute atomic E-state index is 13.4. The minimum absolute atomic E-state index is 0.0610. The summed E-state index contributed by atoms with van der Waals surface area (Å²) in [6.07, 6.45) is 0.970. The number of hydrogen-bond acceptors (Lipinski definition) is 5. The smallest absolute Gasteiger partial charge is 0.421 e. The van der Waals surface area contributed by atoms with E-state index in [0.29, 0.717) is 11.4 Å². The molecule has 1 aliphatic rings. The van der Waals surface area contributed by atoms with Crippen molar-refractivity contribution in [2.75, 3.05) is 10.6 Å². The Kier molecular flexibility index (Phi) is 5.74. The van der Waals surface area contributed by atoms with E-state index in [1.807, 2.05) is 12.1 Å². The first kappa shape index (κ1) is 20.0. The lowest BCUT2D eigenvalue weighted by Crippen LogP contribution is -2.12. The van der Waals surface area contributed by atoms with Crippen LogP contribution >= 0.6 is 0 Å². The minimum Gasteiger partial charge on any atom is -0.490 e. The van der Waals surface area contributed by atoms with Gasteiger partial charge in [-0.15, -0.1) is 0 Å². The second-order valence-electron chi connectivity index (χ2n) is 7.12. The summed E-state index contributed by atoms with van der Waals surface area (Å²) in [4.78, 5) is 7.89. The van der Waals surface area contributed by atoms with Crippen LogP contribution in [0.5, 0.6) is 5.75 Å². The van der Waals surface area contributed by atoms with Crippen molar-refractivity contribution in [2.24, 2.45) is 0 Å². The molecule has 0 atom stereocenters. The lowest BCUT2D eigenvalue weighted by Gasteiger charge is -2.15. The number of rotatable bonds is 6. The topological polar surface area (TPSA) is 59.1 Å². The number of halogens is 3. The molecule has 2 aromatic carbocycles. The van der Waals surface area contributed by atoms with Gasteiger partial charge in [-0.05, 0) is 62.1 Å². The van der Waals surface area contributed by atoms with Crippen molar-refractivity contribution >= 4 is 23.1 Å². The number of anilines is 4. The highest BCUT2D eigenvalue weighted by molar-refractivity contribution is 5.63. The Morgan fingerprint density at radius 2 is 1.53 bits per heavy atom. The molecule has 4 rings (SSSR count). The monoisotopic (exact) mass is 414 g/mol. The van der Waals surface area contributed by atoms with Crippen LogP contribution in [-0.2, 0) is 6.18 Å². The van der Waals surface area contributed by atoms with Crippen LogP contribution in [-0.4, -0.2) is 16.1 Å². The van der Waals surface area contributed by atoms with Crippen LogP contribution in [0.4, 0.5) is 36.3 Å². The molecule has 0 radical (unpaired) electrons. The van der Waals surface area contributed by atoms with Crippen LogP contribution in [0.2, 0.25) is 0 Å². The van der Waals surface area contributed by atoms with Crippen LogP contribution in [0.1, 0.15) is 31.2 Å². The van der Waals surface area contributed by atoms with Gasteiger partial charge in [-0.3, -0.25) is 0 Å². The van der Waals surface area contributed by atoms with Crippen molar-refractivity contribution in [3.63, 3.8) is 0 Å². The minimum atomic E-state index is -4.57. The van der Waals surface area contributed by atoms with Gasteiger partial charge in [-0.2, -0.15) is 18.2 Å². The zero-order valence-electron chi connectivity index (χ0n) is 16.1. The summed E-state index contributed by atoms with van der Waals surface area (Å²) >= 11 is 0. The summed E-state index contributed by atoms with van der Waals surface area (Å²) in [5.41, 5.74) is 0.220. The number of ether oxygens (including phenoxy) is 1. The van der Waals surface area contributed by atoms with E-state index in [4.69, 9.17) is 4.74 Å². The SMILES string of the molecule is FC(F)(F)c1cnc(Nc2ccc(OC3CCCC3)cc2)nc1Nc1ccccc1. The number of para-hydroxylation sites is 1. The first-order valence-corrected chi connectivity index (χ1v) is 9.77. The fourth-order valence-electron chi connectivity index (χ4n) is 3.35. The summed E-state index contributed by atoms with van der Waals surface area (Å²) in [5, 5.41) is 5.67. The van der Waals surface area contributed by atoms with E-state index in [0.717, 1.165) is 24.8 Å². The summed E-state index contributed by atoms with van der Waals surface area (Å²) in [7, 11) is 0. The highest BCUT2D eigenvalue weighted by Crippen LogP contribution is 2.35. The summed E-state index contributed by atoms with van der Waals surface area (Å²) in [5.74, 6) is 0.519. The molecule has 1 aliphatic carbocycles. The van der Waals surface area contributed by atoms with Gasteiger partial charge in [0.1, 0.15) is 17.1 Å². The second-order valence-corrected chi connectivity index (χ2v) is 7.12. The zero-order valence-corrected chi connectivity index (χ0v) is 16.1. The fourth-order valence-corrected chi connectivity index (χ4v) is 3.35. The van der Waals surface area contributed by atoms with Crippen LogP contribution in [0, 0.1) is 0 Å². The standard InChI is InChI=1S/C22H21F3N4O/c23-22(24,25)19-14-26-21(29-20(19)27-15-6-2-1-3-7-15)28-16-10-12-18(13-11-16)30-17-8-4-5-9-17/h1-3,6-7,10-14,17H,4-5,8-9H2,(H2,26,27,28,29). The summed E-state index contributed by atoms with van der Waals surface area (Å²) in [6, 6.07) is 15.8. The third-order valence-electron chi connectivity index (χ3n) is 4.85. The van der Waals surface area contributed by atoms with Gasteiger partial charge in [0.05, 0.1) is 6.10 Å². The average Bonchev–Trinajstić information content (AvgIpc) is 3.23. The maximum Gasteiger partial charge on any atom is 0.421 e. The number of hydrogen-bond donors (Lipinski definition) is 2. The van der Waals surface area contributed by atoms with Gasteiger partial charge in [-0.1, -0.05) is 18.2 Å². The van der Waals surface area contributed by atoms with Crippen LogP contribution < -0.4 is 15.4 Å². The quantitative estimate of drug-likeness (QED) is 0.495. The molecule has 156 valence electrons. The van der Waals surface area contributed by atoms with Crippen molar-refractivity contribution < 1.29 is 17.9 Å². The van der Waals surface area contributed by atoms with Gasteiger partial charge in [-0.25, -0.2) is 4.98 Å². The Morgan fingerprint density at radius 1 is 0.867 bits per heavy atom. The molecule has 1 heterocycles. The average molecular weight is 414 g/mol. The van der Waals surface area contributed by atoms with E-state index in [9.17, 15) is 13.2 Å². The molecule has 1 saturated carbocycles. The first-order chi connectivity index (χ1) is 14.5. The van der Waals surface area contributed by atoms with Gasteiger partial charge in [0, 0.05) is 17.6 Å². The molecule has 1 fully saturated rings. The Bertz CT molecular complexity index is 972. The number of nitrogens with zero attached hydrogens (tertiary/aromatic N) is 2. The van der Waals surface area contributed by atoms with Gasteiger partial charge in [0.15, 0.2) is 0 Å². The molecular formula is C22H21F3N4O. The summed E-state index contributed by atoms with van der Waals surface area (Å²) in [6.45, 7) is 0. The van der Waals surface area contributed by atoms with E-state index < -0.39 is 11.7 Å². The second kappa shape index (κ2) is 8.61. The van der Waals surface area contributed by atoms with Crippen LogP contribution in [0.15, 0.2) is 60.8 Å². The predicted octanol–water partition coefficient (Wildman–Crippen LogP) is 6.30. The molecule has 3 aromatic rings. The van der Waals surface area contributed by atoms with Gasteiger partial charge < -0.3 is 15.4 Å². The largest absolute Gasteiger partial charge is 0.490 e. The molecule has 2 N–H and O–H groups in total. The molecule has 1 aromatic heterocycles. The molecule has 0 bridgehead atoms. The highest BCUT2D eigenvalue weighted by atomic mass is 19.4. The maximum atomic E-state index is 13.4. The lowest BCUT2D eigenvalue weighted by molar-refractivity contribution is -0.137. The molecule has 0 spiro atoms. The highest BCUT2D eigenvalue weighted by Gasteiger charge is 2.35. The summed E-state index contributed by atoms with van der Waals surface area (Å²) < 4.78 is 46.0. The normalized spacial score (nSPS) is 14.5. The van der Waals surface area contributed by atoms with Crippen LogP contribution in [0.25, 0.3) is 0 Å². The van der Waals surface area contributed by atoms with Crippen LogP contribution in [0.3, 0.4) is 0 Å². The molecule has 30 heavy (non-hydrogen) atoms. The van der Waals surface area contributed by atoms with Crippen molar-refractivity contribution in [3.05, 3.63) is 66.4 Å². The number of aromatic nitrogens is 2. The first-order valence-electron chi connectivity index (χ1n) is 9.77. The Balaban J connectivity index is 1.51. The van der Waals surface area contributed by atoms with E-state index in [-0.39, 0.29) is 17.9 Å². The number of alkyl halides is 3. The van der Waals surface area contributed by atoms with E-state index in [1.54, 1.807) is 42.5 Å². The molecule has 0 amide bonds. The Morgan fingerprint density at radius 3 is 2.20 bits per heavy atom. The number of benzene rings is 2. The van der Waals surface area contributed by atoms with Crippen molar-refractivity contribution in [2.45, 2.75) is 38.0 Å². The molecule has 0 unspecified atom stereocenters. The van der Waals surface area contributed by atoms with E-state index >= 15 is 0 Å². The molecule has 0 saturated heterocycles. The van der Waals surface area contributed by atoms with Crippen molar-refractivity contribution in [3.8, 4) is 5.75 Å². The van der Waals surface area contributed by atoms with E-state index in [2.05, 4.69) is 20.6 Å². The van der Waals surface area contributed by atoms with Crippen molar-refractivity contribution in [1.82, 2.24) is 9.97 Å². The van der Waals surface area contributed by atoms with Gasteiger partial charge >= 0.3 is 6.18 Å². The molecule has 5 nitrogen and oxygen atoms in total. The zero-order chi connectivity index (χ0) is 21.0. The predicted molar refractivity (Wildman–Crippen MR) is 109 cm³/mol. The van der Waals surface area contributed by atoms with Gasteiger partial charge in [0.25, 0.3) is 0 Å². The third-order valence-corrected chi connectivity index (χ3v) is 4.85. The molecule has 0 aliphatic heterocycles. The van der Waals surface area contributed by atoms with E-state index in [1.165, 1.54) is 12.8 Å². The third kappa shape index (κ3) is 5.00.